The molecule has 0 saturated carbocycles. The lowest BCUT2D eigenvalue weighted by molar-refractivity contribution is -0.112. The van der Waals surface area contributed by atoms with Crippen molar-refractivity contribution in [1.82, 2.24) is 4.90 Å². The highest BCUT2D eigenvalue weighted by molar-refractivity contribution is 6.74. The van der Waals surface area contributed by atoms with Crippen LogP contribution < -0.4 is 0 Å². The molecule has 1 N–H and O–H groups in total. The highest BCUT2D eigenvalue weighted by Gasteiger charge is 2.50. The molecule has 1 aliphatic rings. The molecule has 0 aromatic heterocycles. The van der Waals surface area contributed by atoms with E-state index in [4.69, 9.17) is 4.43 Å². The molecule has 0 aromatic rings. The first kappa shape index (κ1) is 20.2. The van der Waals surface area contributed by atoms with Crippen molar-refractivity contribution in [3.05, 3.63) is 0 Å². The van der Waals surface area contributed by atoms with E-state index < -0.39 is 14.4 Å². The number of nitrogens with zero attached hydrogens (tertiary/aromatic N) is 1. The molecule has 1 heterocycles. The Kier molecular flexibility index (Phi) is 5.74. The van der Waals surface area contributed by atoms with Crippen LogP contribution in [0.25, 0.3) is 0 Å². The summed E-state index contributed by atoms with van der Waals surface area (Å²) in [7, 11) is -1.93. The van der Waals surface area contributed by atoms with E-state index in [9.17, 15) is 14.7 Å². The quantitative estimate of drug-likeness (QED) is 0.622. The van der Waals surface area contributed by atoms with Crippen LogP contribution in [-0.4, -0.2) is 49.9 Å². The SMILES string of the molecule is CC(C)(C)C1C(CO[Si](C)(C)C(C)(C)C)C(C=O)CN1C(=O)O. The van der Waals surface area contributed by atoms with Gasteiger partial charge in [-0.05, 0) is 23.5 Å². The minimum atomic E-state index is -1.93. The smallest absolute Gasteiger partial charge is 0.407 e. The number of hydrogen-bond acceptors (Lipinski definition) is 3. The molecule has 0 aromatic carbocycles. The van der Waals surface area contributed by atoms with Gasteiger partial charge in [-0.25, -0.2) is 4.79 Å². The first-order valence-electron chi connectivity index (χ1n) is 8.31. The molecule has 23 heavy (non-hydrogen) atoms. The minimum Gasteiger partial charge on any atom is -0.465 e. The Morgan fingerprint density at radius 2 is 1.78 bits per heavy atom. The van der Waals surface area contributed by atoms with Crippen molar-refractivity contribution in [2.75, 3.05) is 13.2 Å². The summed E-state index contributed by atoms with van der Waals surface area (Å²) in [5, 5.41) is 9.60. The molecular formula is C17H33NO4Si. The molecule has 1 amide bonds. The average Bonchev–Trinajstić information content (AvgIpc) is 2.73. The Labute approximate surface area is 141 Å². The zero-order chi connectivity index (χ0) is 18.2. The number of carbonyl (C=O) groups excluding carboxylic acids is 1. The number of likely N-dealkylation sites (tertiary alicyclic amines) is 1. The van der Waals surface area contributed by atoms with Gasteiger partial charge in [0.2, 0.25) is 0 Å². The molecule has 1 fully saturated rings. The molecule has 0 bridgehead atoms. The molecule has 1 aliphatic heterocycles. The molecule has 5 nitrogen and oxygen atoms in total. The third kappa shape index (κ3) is 4.35. The third-order valence-corrected chi connectivity index (χ3v) is 9.95. The second kappa shape index (κ2) is 6.55. The summed E-state index contributed by atoms with van der Waals surface area (Å²) in [4.78, 5) is 24.5. The van der Waals surface area contributed by atoms with E-state index in [1.807, 2.05) is 20.8 Å². The lowest BCUT2D eigenvalue weighted by atomic mass is 9.77. The Balaban J connectivity index is 3.04. The summed E-state index contributed by atoms with van der Waals surface area (Å²) in [5.41, 5.74) is -0.238. The van der Waals surface area contributed by atoms with Gasteiger partial charge in [-0.3, -0.25) is 0 Å². The summed E-state index contributed by atoms with van der Waals surface area (Å²) in [5.74, 6) is -0.377. The van der Waals surface area contributed by atoms with Crippen molar-refractivity contribution in [2.24, 2.45) is 17.3 Å². The third-order valence-electron chi connectivity index (χ3n) is 5.45. The van der Waals surface area contributed by atoms with E-state index in [-0.39, 0.29) is 34.9 Å². The van der Waals surface area contributed by atoms with E-state index in [1.54, 1.807) is 0 Å². The maximum Gasteiger partial charge on any atom is 0.407 e. The first-order valence-corrected chi connectivity index (χ1v) is 11.2. The largest absolute Gasteiger partial charge is 0.465 e. The van der Waals surface area contributed by atoms with Gasteiger partial charge in [0.1, 0.15) is 6.29 Å². The lowest BCUT2D eigenvalue weighted by Gasteiger charge is -2.41. The van der Waals surface area contributed by atoms with Crippen molar-refractivity contribution < 1.29 is 19.1 Å². The van der Waals surface area contributed by atoms with Crippen LogP contribution in [0.1, 0.15) is 41.5 Å². The van der Waals surface area contributed by atoms with Crippen LogP contribution in [0.5, 0.6) is 0 Å². The molecule has 0 aliphatic carbocycles. The molecule has 0 radical (unpaired) electrons. The van der Waals surface area contributed by atoms with Gasteiger partial charge in [0.15, 0.2) is 8.32 Å². The van der Waals surface area contributed by atoms with Crippen LogP contribution in [0, 0.1) is 17.3 Å². The Hall–Kier alpha value is -0.883. The first-order chi connectivity index (χ1) is 10.2. The maximum absolute atomic E-state index is 11.6. The number of carboxylic acid groups (broad SMARTS) is 1. The molecule has 3 unspecified atom stereocenters. The van der Waals surface area contributed by atoms with Gasteiger partial charge in [-0.15, -0.1) is 0 Å². The van der Waals surface area contributed by atoms with Crippen molar-refractivity contribution in [2.45, 2.75) is 65.7 Å². The van der Waals surface area contributed by atoms with Crippen molar-refractivity contribution >= 4 is 20.7 Å². The molecule has 3 atom stereocenters. The van der Waals surface area contributed by atoms with Crippen LogP contribution in [0.15, 0.2) is 0 Å². The van der Waals surface area contributed by atoms with E-state index >= 15 is 0 Å². The van der Waals surface area contributed by atoms with E-state index in [0.29, 0.717) is 6.61 Å². The van der Waals surface area contributed by atoms with Crippen LogP contribution >= 0.6 is 0 Å². The Bertz CT molecular complexity index is 450. The fourth-order valence-electron chi connectivity index (χ4n) is 3.13. The molecule has 1 rings (SSSR count). The fraction of sp³-hybridized carbons (Fsp3) is 0.882. The normalized spacial score (nSPS) is 26.4. The molecule has 134 valence electrons. The highest BCUT2D eigenvalue weighted by Crippen LogP contribution is 2.42. The van der Waals surface area contributed by atoms with Gasteiger partial charge in [-0.2, -0.15) is 0 Å². The van der Waals surface area contributed by atoms with Gasteiger partial charge >= 0.3 is 6.09 Å². The topological polar surface area (TPSA) is 66.8 Å². The van der Waals surface area contributed by atoms with Crippen LogP contribution in [0.4, 0.5) is 4.79 Å². The summed E-state index contributed by atoms with van der Waals surface area (Å²) >= 11 is 0. The standard InChI is InChI=1S/C17H33NO4Si/c1-16(2,3)14-13(11-22-23(7,8)17(4,5)6)12(10-19)9-18(14)15(20)21/h10,12-14H,9,11H2,1-8H3,(H,20,21). The molecule has 1 saturated heterocycles. The van der Waals surface area contributed by atoms with E-state index in [2.05, 4.69) is 33.9 Å². The molecule has 0 spiro atoms. The Morgan fingerprint density at radius 3 is 2.13 bits per heavy atom. The zero-order valence-electron chi connectivity index (χ0n) is 15.8. The van der Waals surface area contributed by atoms with Crippen LogP contribution in [0.3, 0.4) is 0 Å². The van der Waals surface area contributed by atoms with E-state index in [1.165, 1.54) is 4.90 Å². The number of carbonyl (C=O) groups is 2. The monoisotopic (exact) mass is 343 g/mol. The van der Waals surface area contributed by atoms with Gasteiger partial charge in [-0.1, -0.05) is 41.5 Å². The van der Waals surface area contributed by atoms with Crippen molar-refractivity contribution in [3.63, 3.8) is 0 Å². The minimum absolute atomic E-state index is 0.0854. The van der Waals surface area contributed by atoms with Gasteiger partial charge in [0.05, 0.1) is 0 Å². The van der Waals surface area contributed by atoms with Gasteiger partial charge < -0.3 is 19.2 Å². The maximum atomic E-state index is 11.6. The average molecular weight is 344 g/mol. The summed E-state index contributed by atoms with van der Waals surface area (Å²) in [6.07, 6.45) is -0.0481. The number of amides is 1. The predicted molar refractivity (Wildman–Crippen MR) is 94.2 cm³/mol. The number of hydrogen-bond donors (Lipinski definition) is 1. The summed E-state index contributed by atoms with van der Waals surface area (Å²) < 4.78 is 6.32. The lowest BCUT2D eigenvalue weighted by Crippen LogP contribution is -2.48. The molecular weight excluding hydrogens is 310 g/mol. The van der Waals surface area contributed by atoms with Gasteiger partial charge in [0.25, 0.3) is 0 Å². The van der Waals surface area contributed by atoms with Crippen LogP contribution in [0.2, 0.25) is 18.1 Å². The second-order valence-corrected chi connectivity index (χ2v) is 14.1. The highest BCUT2D eigenvalue weighted by atomic mass is 28.4. The van der Waals surface area contributed by atoms with Crippen molar-refractivity contribution in [3.8, 4) is 0 Å². The zero-order valence-corrected chi connectivity index (χ0v) is 16.8. The summed E-state index contributed by atoms with van der Waals surface area (Å²) in [6.45, 7) is 17.7. The number of aldehydes is 1. The summed E-state index contributed by atoms with van der Waals surface area (Å²) in [6, 6.07) is -0.208. The Morgan fingerprint density at radius 1 is 1.26 bits per heavy atom. The van der Waals surface area contributed by atoms with Crippen LogP contribution in [-0.2, 0) is 9.22 Å². The second-order valence-electron chi connectivity index (χ2n) is 9.28. The van der Waals surface area contributed by atoms with Crippen molar-refractivity contribution in [1.29, 1.82) is 0 Å². The number of rotatable bonds is 4. The molecule has 6 heteroatoms. The van der Waals surface area contributed by atoms with Gasteiger partial charge in [0, 0.05) is 31.0 Å². The van der Waals surface area contributed by atoms with E-state index in [0.717, 1.165) is 6.29 Å². The predicted octanol–water partition coefficient (Wildman–Crippen LogP) is 3.85. The fourth-order valence-corrected chi connectivity index (χ4v) is 4.17.